The van der Waals surface area contributed by atoms with Crippen LogP contribution >= 0.6 is 0 Å². The first-order valence-corrected chi connectivity index (χ1v) is 14.2. The van der Waals surface area contributed by atoms with Crippen molar-refractivity contribution in [2.24, 2.45) is 0 Å². The molecule has 0 atom stereocenters. The molecule has 0 heterocycles. The third-order valence-corrected chi connectivity index (χ3v) is 7.44. The van der Waals surface area contributed by atoms with E-state index in [4.69, 9.17) is 0 Å². The van der Waals surface area contributed by atoms with Crippen LogP contribution in [0.1, 0.15) is 6.42 Å². The maximum atomic E-state index is 2.30. The molecule has 0 radical (unpaired) electrons. The molecule has 40 heavy (non-hydrogen) atoms. The fourth-order valence-corrected chi connectivity index (χ4v) is 5.93. The van der Waals surface area contributed by atoms with Gasteiger partial charge in [0.05, 0.1) is 41.8 Å². The van der Waals surface area contributed by atoms with Crippen LogP contribution in [0.5, 0.6) is 0 Å². The predicted octanol–water partition coefficient (Wildman–Crippen LogP) is 3.12. The molecule has 0 spiro atoms. The summed E-state index contributed by atoms with van der Waals surface area (Å²) < 4.78 is 2.15. The summed E-state index contributed by atoms with van der Waals surface area (Å²) in [5, 5.41) is 0. The van der Waals surface area contributed by atoms with Crippen LogP contribution in [-0.4, -0.2) is 93.8 Å². The van der Waals surface area contributed by atoms with E-state index < -0.39 is 6.15 Å². The van der Waals surface area contributed by atoms with Crippen LogP contribution in [0.4, 0.5) is 0 Å². The molecular formula is C35H47BN4. The zero-order valence-electron chi connectivity index (χ0n) is 25.5. The Morgan fingerprint density at radius 3 is 1.10 bits per heavy atom. The molecule has 0 N–H and O–H groups in total. The molecule has 0 amide bonds. The normalized spacial score (nSPS) is 10.9. The first-order valence-electron chi connectivity index (χ1n) is 14.2. The largest absolute Gasteiger partial charge is 0.349 e. The van der Waals surface area contributed by atoms with Crippen LogP contribution in [0.3, 0.4) is 0 Å². The number of nitrogens with zero attached hydrogens (tertiary/aromatic N) is 4. The third-order valence-electron chi connectivity index (χ3n) is 7.44. The third kappa shape index (κ3) is 7.64. The first-order chi connectivity index (χ1) is 19.3. The van der Waals surface area contributed by atoms with Gasteiger partial charge in [0.2, 0.25) is 0 Å². The highest BCUT2D eigenvalue weighted by Crippen LogP contribution is 2.09. The second-order valence-corrected chi connectivity index (χ2v) is 11.2. The van der Waals surface area contributed by atoms with Gasteiger partial charge in [-0.25, -0.2) is 0 Å². The maximum Gasteiger partial charge on any atom is 0.349 e. The zero-order chi connectivity index (χ0) is 29.0. The van der Waals surface area contributed by atoms with Crippen LogP contribution in [-0.2, 0) is 0 Å². The van der Waals surface area contributed by atoms with Gasteiger partial charge in [0, 0.05) is 6.54 Å². The lowest BCUT2D eigenvalue weighted by Gasteiger charge is -2.44. The monoisotopic (exact) mass is 534 g/mol. The fourth-order valence-electron chi connectivity index (χ4n) is 5.93. The van der Waals surface area contributed by atoms with Crippen molar-refractivity contribution in [1.82, 2.24) is 14.7 Å². The molecule has 0 unspecified atom stereocenters. The second-order valence-electron chi connectivity index (χ2n) is 11.2. The Morgan fingerprint density at radius 2 is 0.850 bits per heavy atom. The molecule has 0 bridgehead atoms. The zero-order valence-corrected chi connectivity index (χ0v) is 25.5. The van der Waals surface area contributed by atoms with Gasteiger partial charge in [-0.2, -0.15) is 21.9 Å². The van der Waals surface area contributed by atoms with Crippen LogP contribution < -0.4 is 21.9 Å². The summed E-state index contributed by atoms with van der Waals surface area (Å²) in [5.74, 6) is 1.24. The smallest absolute Gasteiger partial charge is 0.309 e. The van der Waals surface area contributed by atoms with E-state index in [1.165, 1.54) is 34.2 Å². The Bertz CT molecular complexity index is 1120. The van der Waals surface area contributed by atoms with Crippen molar-refractivity contribution in [1.29, 1.82) is 0 Å². The molecule has 0 saturated carbocycles. The average Bonchev–Trinajstić information content (AvgIpc) is 2.96. The van der Waals surface area contributed by atoms with Crippen LogP contribution in [0, 0.1) is 0 Å². The van der Waals surface area contributed by atoms with Crippen molar-refractivity contribution in [3.05, 3.63) is 121 Å². The van der Waals surface area contributed by atoms with Crippen molar-refractivity contribution >= 4 is 34.0 Å². The Balaban J connectivity index is 0.000000255. The van der Waals surface area contributed by atoms with E-state index in [1.54, 1.807) is 0 Å². The van der Waals surface area contributed by atoms with Crippen LogP contribution in [0.15, 0.2) is 121 Å². The summed E-state index contributed by atoms with van der Waals surface area (Å²) in [4.78, 5) is 6.66. The molecule has 0 saturated heterocycles. The molecule has 4 aromatic carbocycles. The highest BCUT2D eigenvalue weighted by Gasteiger charge is 2.31. The maximum absolute atomic E-state index is 2.30. The molecule has 5 heteroatoms. The number of rotatable bonds is 8. The van der Waals surface area contributed by atoms with Gasteiger partial charge in [0.1, 0.15) is 6.15 Å². The van der Waals surface area contributed by atoms with Crippen molar-refractivity contribution in [2.75, 3.05) is 62.4 Å². The van der Waals surface area contributed by atoms with Crippen LogP contribution in [0.25, 0.3) is 0 Å². The molecule has 0 aliphatic heterocycles. The summed E-state index contributed by atoms with van der Waals surface area (Å²) in [6, 6.07) is 43.5. The summed E-state index contributed by atoms with van der Waals surface area (Å²) in [5.41, 5.74) is 5.36. The van der Waals surface area contributed by atoms with E-state index in [9.17, 15) is 0 Å². The molecule has 0 aliphatic carbocycles. The number of guanidine groups is 1. The van der Waals surface area contributed by atoms with Gasteiger partial charge in [0.25, 0.3) is 0 Å². The molecule has 0 fully saturated rings. The number of hydrogen-bond donors (Lipinski definition) is 0. The van der Waals surface area contributed by atoms with Crippen molar-refractivity contribution in [2.45, 2.75) is 6.42 Å². The summed E-state index contributed by atoms with van der Waals surface area (Å²) in [6.45, 7) is 2.22. The average molecular weight is 535 g/mol. The summed E-state index contributed by atoms with van der Waals surface area (Å²) in [6.07, 6.45) is -0.0264. The van der Waals surface area contributed by atoms with Gasteiger partial charge < -0.3 is 4.90 Å². The number of benzene rings is 4. The highest BCUT2D eigenvalue weighted by molar-refractivity contribution is 7.19. The van der Waals surface area contributed by atoms with E-state index in [0.29, 0.717) is 0 Å². The van der Waals surface area contributed by atoms with Crippen molar-refractivity contribution < 1.29 is 4.58 Å². The Morgan fingerprint density at radius 1 is 0.525 bits per heavy atom. The standard InChI is InChI=1S/C24H20B.C11H27N4/c1-5-13-21(14-6-1)25(22-15-7-2-8-16-22,23-17-9-3-10-18-23)24-19-11-4-12-20-24;1-12(2)9-8-10-15(7)11(13(3)4)14(5)6/h1-20H;8-10H2,1-7H3/q-1;+1. The SMILES string of the molecule is CN(C)CCCN(C)C(N(C)C)=[N+](C)C.c1ccc([B-](c2ccccc2)(c2ccccc2)c2ccccc2)cc1. The minimum atomic E-state index is -1.22. The summed E-state index contributed by atoms with van der Waals surface area (Å²) in [7, 11) is 14.7. The van der Waals surface area contributed by atoms with E-state index in [1.807, 2.05) is 0 Å². The van der Waals surface area contributed by atoms with Crippen molar-refractivity contribution in [3.8, 4) is 0 Å². The quantitative estimate of drug-likeness (QED) is 0.149. The van der Waals surface area contributed by atoms with E-state index >= 15 is 0 Å². The molecule has 0 aromatic heterocycles. The van der Waals surface area contributed by atoms with Crippen LogP contribution in [0.2, 0.25) is 0 Å². The van der Waals surface area contributed by atoms with Gasteiger partial charge >= 0.3 is 5.96 Å². The number of hydrogen-bond acceptors (Lipinski definition) is 1. The minimum Gasteiger partial charge on any atom is -0.309 e. The van der Waals surface area contributed by atoms with E-state index in [0.717, 1.165) is 13.1 Å². The highest BCUT2D eigenvalue weighted by atomic mass is 15.4. The first kappa shape index (κ1) is 30.7. The molecular weight excluding hydrogens is 487 g/mol. The lowest BCUT2D eigenvalue weighted by atomic mass is 9.13. The molecule has 0 aliphatic rings. The Hall–Kier alpha value is -3.83. The Labute approximate surface area is 243 Å². The molecule has 4 nitrogen and oxygen atoms in total. The molecule has 4 aromatic rings. The predicted molar refractivity (Wildman–Crippen MR) is 177 cm³/mol. The van der Waals surface area contributed by atoms with Gasteiger partial charge in [-0.1, -0.05) is 121 Å². The lowest BCUT2D eigenvalue weighted by Crippen LogP contribution is -2.74. The molecule has 210 valence electrons. The topological polar surface area (TPSA) is 12.7 Å². The van der Waals surface area contributed by atoms with E-state index in [2.05, 4.69) is 190 Å². The minimum absolute atomic E-state index is 1.09. The van der Waals surface area contributed by atoms with Gasteiger partial charge in [0.15, 0.2) is 0 Å². The second kappa shape index (κ2) is 15.1. The van der Waals surface area contributed by atoms with Crippen molar-refractivity contribution in [3.63, 3.8) is 0 Å². The Kier molecular flexibility index (Phi) is 11.6. The summed E-state index contributed by atoms with van der Waals surface area (Å²) >= 11 is 0. The lowest BCUT2D eigenvalue weighted by molar-refractivity contribution is -0.475. The van der Waals surface area contributed by atoms with E-state index in [-0.39, 0.29) is 0 Å². The fraction of sp³-hybridized carbons (Fsp3) is 0.286. The molecule has 4 rings (SSSR count). The van der Waals surface area contributed by atoms with Gasteiger partial charge in [-0.15, -0.1) is 0 Å². The van der Waals surface area contributed by atoms with Gasteiger partial charge in [-0.05, 0) is 20.5 Å². The van der Waals surface area contributed by atoms with Gasteiger partial charge in [-0.3, -0.25) is 14.4 Å².